The summed E-state index contributed by atoms with van der Waals surface area (Å²) in [6.45, 7) is 1.50. The molecule has 8 heteroatoms. The summed E-state index contributed by atoms with van der Waals surface area (Å²) < 4.78 is 25.6. The molecule has 0 aromatic carbocycles. The topological polar surface area (TPSA) is 92.6 Å². The van der Waals surface area contributed by atoms with Crippen molar-refractivity contribution in [3.05, 3.63) is 46.5 Å². The van der Waals surface area contributed by atoms with Gasteiger partial charge in [0, 0.05) is 25.4 Å². The molecule has 0 aliphatic carbocycles. The van der Waals surface area contributed by atoms with Gasteiger partial charge in [0.25, 0.3) is 5.56 Å². The lowest BCUT2D eigenvalue weighted by atomic mass is 10.3. The van der Waals surface area contributed by atoms with Crippen molar-refractivity contribution in [2.45, 2.75) is 13.0 Å². The second-order valence-electron chi connectivity index (χ2n) is 4.71. The van der Waals surface area contributed by atoms with Crippen LogP contribution < -0.4 is 15.6 Å². The molecule has 0 unspecified atom stereocenters. The summed E-state index contributed by atoms with van der Waals surface area (Å²) in [5, 5.41) is 3.13. The summed E-state index contributed by atoms with van der Waals surface area (Å²) in [6.07, 6.45) is 3.48. The van der Waals surface area contributed by atoms with Crippen molar-refractivity contribution in [1.29, 1.82) is 0 Å². The molecular formula is C13H18N4O3S. The molecule has 2 aromatic heterocycles. The number of fused-ring (bicyclic) bond motifs is 1. The smallest absolute Gasteiger partial charge is 0.258 e. The molecule has 0 bridgehead atoms. The summed E-state index contributed by atoms with van der Waals surface area (Å²) in [4.78, 5) is 16.2. The lowest BCUT2D eigenvalue weighted by molar-refractivity contribution is 0.578. The summed E-state index contributed by atoms with van der Waals surface area (Å²) in [5.74, 6) is 0. The Labute approximate surface area is 123 Å². The zero-order valence-corrected chi connectivity index (χ0v) is 12.6. The maximum atomic E-state index is 11.9. The minimum Gasteiger partial charge on any atom is -0.311 e. The van der Waals surface area contributed by atoms with Gasteiger partial charge in [0.2, 0.25) is 10.0 Å². The molecule has 0 aliphatic heterocycles. The van der Waals surface area contributed by atoms with E-state index in [0.717, 1.165) is 6.26 Å². The SMILES string of the molecule is CS(=O)(=O)NCCCNCc1cc(=O)n2ccccc2n1. The van der Waals surface area contributed by atoms with Gasteiger partial charge in [-0.15, -0.1) is 0 Å². The van der Waals surface area contributed by atoms with Crippen molar-refractivity contribution < 1.29 is 8.42 Å². The average Bonchev–Trinajstić information content (AvgIpc) is 2.41. The van der Waals surface area contributed by atoms with Crippen molar-refractivity contribution in [1.82, 2.24) is 19.4 Å². The van der Waals surface area contributed by atoms with Crippen molar-refractivity contribution in [2.75, 3.05) is 19.3 Å². The van der Waals surface area contributed by atoms with Crippen molar-refractivity contribution >= 4 is 15.7 Å². The van der Waals surface area contributed by atoms with Crippen LogP contribution >= 0.6 is 0 Å². The molecule has 2 N–H and O–H groups in total. The number of nitrogens with one attached hydrogen (secondary N) is 2. The molecule has 114 valence electrons. The Bertz CT molecular complexity index is 770. The second kappa shape index (κ2) is 6.79. The van der Waals surface area contributed by atoms with Gasteiger partial charge in [-0.05, 0) is 25.1 Å². The van der Waals surface area contributed by atoms with Crippen molar-refractivity contribution in [2.24, 2.45) is 0 Å². The van der Waals surface area contributed by atoms with E-state index in [4.69, 9.17) is 0 Å². The Morgan fingerprint density at radius 1 is 1.29 bits per heavy atom. The Hall–Kier alpha value is -1.77. The molecular weight excluding hydrogens is 292 g/mol. The standard InChI is InChI=1S/C13H18N4O3S/c1-21(19,20)15-7-4-6-14-10-11-9-13(18)17-8-3-2-5-12(17)16-11/h2-3,5,8-9,14-15H,4,6-7,10H2,1H3. The fraction of sp³-hybridized carbons (Fsp3) is 0.385. The third-order valence-corrected chi connectivity index (χ3v) is 3.55. The normalized spacial score (nSPS) is 11.9. The minimum absolute atomic E-state index is 0.115. The molecule has 0 radical (unpaired) electrons. The van der Waals surface area contributed by atoms with Gasteiger partial charge in [-0.3, -0.25) is 9.20 Å². The highest BCUT2D eigenvalue weighted by Crippen LogP contribution is 1.98. The minimum atomic E-state index is -3.13. The zero-order chi connectivity index (χ0) is 15.3. The second-order valence-corrected chi connectivity index (χ2v) is 6.54. The van der Waals surface area contributed by atoms with Crippen LogP contribution in [0, 0.1) is 0 Å². The van der Waals surface area contributed by atoms with E-state index in [2.05, 4.69) is 15.0 Å². The molecule has 2 heterocycles. The van der Waals surface area contributed by atoms with E-state index in [9.17, 15) is 13.2 Å². The Morgan fingerprint density at radius 2 is 2.10 bits per heavy atom. The summed E-state index contributed by atoms with van der Waals surface area (Å²) in [7, 11) is -3.13. The van der Waals surface area contributed by atoms with Crippen molar-refractivity contribution in [3.63, 3.8) is 0 Å². The van der Waals surface area contributed by atoms with Crippen LogP contribution in [0.3, 0.4) is 0 Å². The monoisotopic (exact) mass is 310 g/mol. The predicted molar refractivity (Wildman–Crippen MR) is 80.6 cm³/mol. The van der Waals surface area contributed by atoms with Crippen LogP contribution in [-0.2, 0) is 16.6 Å². The number of aromatic nitrogens is 2. The van der Waals surface area contributed by atoms with E-state index in [-0.39, 0.29) is 5.56 Å². The van der Waals surface area contributed by atoms with E-state index in [1.165, 1.54) is 10.5 Å². The highest BCUT2D eigenvalue weighted by Gasteiger charge is 2.02. The fourth-order valence-electron chi connectivity index (χ4n) is 1.88. The number of rotatable bonds is 7. The number of pyridine rings is 1. The highest BCUT2D eigenvalue weighted by atomic mass is 32.2. The quantitative estimate of drug-likeness (QED) is 0.686. The molecule has 0 aliphatic rings. The highest BCUT2D eigenvalue weighted by molar-refractivity contribution is 7.88. The van der Waals surface area contributed by atoms with Gasteiger partial charge in [-0.1, -0.05) is 6.07 Å². The van der Waals surface area contributed by atoms with E-state index in [1.807, 2.05) is 6.07 Å². The molecule has 7 nitrogen and oxygen atoms in total. The Balaban J connectivity index is 1.85. The van der Waals surface area contributed by atoms with Crippen LogP contribution in [0.4, 0.5) is 0 Å². The zero-order valence-electron chi connectivity index (χ0n) is 11.7. The maximum Gasteiger partial charge on any atom is 0.258 e. The van der Waals surface area contributed by atoms with Gasteiger partial charge in [0.1, 0.15) is 5.65 Å². The van der Waals surface area contributed by atoms with Crippen LogP contribution in [-0.4, -0.2) is 37.1 Å². The van der Waals surface area contributed by atoms with Gasteiger partial charge in [0.15, 0.2) is 0 Å². The van der Waals surface area contributed by atoms with Gasteiger partial charge in [0.05, 0.1) is 11.9 Å². The van der Waals surface area contributed by atoms with Crippen LogP contribution in [0.1, 0.15) is 12.1 Å². The largest absolute Gasteiger partial charge is 0.311 e. The number of nitrogens with zero attached hydrogens (tertiary/aromatic N) is 2. The summed E-state index contributed by atoms with van der Waals surface area (Å²) in [5.41, 5.74) is 1.17. The summed E-state index contributed by atoms with van der Waals surface area (Å²) in [6, 6.07) is 6.88. The fourth-order valence-corrected chi connectivity index (χ4v) is 2.40. The molecule has 0 atom stereocenters. The lowest BCUT2D eigenvalue weighted by Gasteiger charge is -2.06. The first kappa shape index (κ1) is 15.6. The first-order valence-corrected chi connectivity index (χ1v) is 8.47. The van der Waals surface area contributed by atoms with Gasteiger partial charge < -0.3 is 5.32 Å². The molecule has 2 rings (SSSR count). The first-order chi connectivity index (χ1) is 9.96. The number of sulfonamides is 1. The van der Waals surface area contributed by atoms with Crippen LogP contribution in [0.2, 0.25) is 0 Å². The van der Waals surface area contributed by atoms with Gasteiger partial charge in [-0.2, -0.15) is 0 Å². The molecule has 0 fully saturated rings. The molecule has 0 saturated carbocycles. The van der Waals surface area contributed by atoms with E-state index < -0.39 is 10.0 Å². The average molecular weight is 310 g/mol. The van der Waals surface area contributed by atoms with Gasteiger partial charge >= 0.3 is 0 Å². The van der Waals surface area contributed by atoms with E-state index in [0.29, 0.717) is 37.4 Å². The van der Waals surface area contributed by atoms with Crippen LogP contribution in [0.5, 0.6) is 0 Å². The van der Waals surface area contributed by atoms with Gasteiger partial charge in [-0.25, -0.2) is 18.1 Å². The molecule has 21 heavy (non-hydrogen) atoms. The maximum absolute atomic E-state index is 11.9. The molecule has 2 aromatic rings. The van der Waals surface area contributed by atoms with Crippen LogP contribution in [0.15, 0.2) is 35.3 Å². The number of hydrogen-bond acceptors (Lipinski definition) is 5. The third kappa shape index (κ3) is 4.92. The third-order valence-electron chi connectivity index (χ3n) is 2.82. The first-order valence-electron chi connectivity index (χ1n) is 6.58. The Morgan fingerprint density at radius 3 is 2.86 bits per heavy atom. The van der Waals surface area contributed by atoms with Crippen LogP contribution in [0.25, 0.3) is 5.65 Å². The predicted octanol–water partition coefficient (Wildman–Crippen LogP) is -0.277. The number of hydrogen-bond donors (Lipinski definition) is 2. The Kier molecular flexibility index (Phi) is 5.05. The molecule has 0 amide bonds. The lowest BCUT2D eigenvalue weighted by Crippen LogP contribution is -2.26. The van der Waals surface area contributed by atoms with E-state index in [1.54, 1.807) is 18.3 Å². The molecule has 0 saturated heterocycles. The summed E-state index contributed by atoms with van der Waals surface area (Å²) >= 11 is 0. The van der Waals surface area contributed by atoms with Crippen molar-refractivity contribution in [3.8, 4) is 0 Å². The molecule has 0 spiro atoms. The van der Waals surface area contributed by atoms with E-state index >= 15 is 0 Å².